The zero-order valence-corrected chi connectivity index (χ0v) is 26.8. The summed E-state index contributed by atoms with van der Waals surface area (Å²) >= 11 is 7.90. The molecule has 0 fully saturated rings. The molecule has 1 aromatic heterocycles. The van der Waals surface area contributed by atoms with Gasteiger partial charge in [-0.15, -0.1) is 11.8 Å². The van der Waals surface area contributed by atoms with E-state index in [1.807, 2.05) is 60.5 Å². The molecule has 0 saturated heterocycles. The first kappa shape index (κ1) is 32.4. The van der Waals surface area contributed by atoms with Crippen LogP contribution in [0.5, 0.6) is 5.75 Å². The molecule has 3 aromatic carbocycles. The van der Waals surface area contributed by atoms with Crippen molar-refractivity contribution in [3.05, 3.63) is 89.2 Å². The minimum absolute atomic E-state index is 0.0518. The summed E-state index contributed by atoms with van der Waals surface area (Å²) in [5.41, 5.74) is 4.99. The predicted octanol–water partition coefficient (Wildman–Crippen LogP) is 5.82. The molecule has 0 unspecified atom stereocenters. The zero-order chi connectivity index (χ0) is 32.0. The number of halogens is 1. The van der Waals surface area contributed by atoms with Crippen LogP contribution in [0.3, 0.4) is 0 Å². The van der Waals surface area contributed by atoms with E-state index < -0.39 is 22.0 Å². The normalized spacial score (nSPS) is 12.8. The number of rotatable bonds is 11. The molecule has 3 amide bonds. The highest BCUT2D eigenvalue weighted by molar-refractivity contribution is 7.99. The Morgan fingerprint density at radius 2 is 1.93 bits per heavy atom. The second-order valence-corrected chi connectivity index (χ2v) is 13.3. The molecule has 2 heterocycles. The maximum atomic E-state index is 13.3. The van der Waals surface area contributed by atoms with Crippen LogP contribution in [0.4, 0.5) is 16.2 Å². The number of thioether (sulfide) groups is 1. The third-order valence-electron chi connectivity index (χ3n) is 7.05. The van der Waals surface area contributed by atoms with Crippen LogP contribution in [0.2, 0.25) is 5.02 Å². The summed E-state index contributed by atoms with van der Waals surface area (Å²) in [4.78, 5) is 28.1. The van der Waals surface area contributed by atoms with Gasteiger partial charge in [0, 0.05) is 57.2 Å². The van der Waals surface area contributed by atoms with E-state index in [4.69, 9.17) is 20.9 Å². The van der Waals surface area contributed by atoms with Gasteiger partial charge in [-0.25, -0.2) is 4.79 Å². The molecule has 3 N–H and O–H groups in total. The van der Waals surface area contributed by atoms with Crippen LogP contribution in [-0.2, 0) is 21.5 Å². The maximum absolute atomic E-state index is 13.3. The first-order valence-electron chi connectivity index (χ1n) is 14.1. The minimum atomic E-state index is -4.32. The van der Waals surface area contributed by atoms with E-state index in [0.29, 0.717) is 43.2 Å². The van der Waals surface area contributed by atoms with E-state index in [-0.39, 0.29) is 5.91 Å². The van der Waals surface area contributed by atoms with E-state index in [1.165, 1.54) is 0 Å². The monoisotopic (exact) mass is 669 g/mol. The lowest BCUT2D eigenvalue weighted by atomic mass is 10.1. The van der Waals surface area contributed by atoms with Crippen LogP contribution in [0, 0.1) is 6.92 Å². The van der Waals surface area contributed by atoms with Gasteiger partial charge in [0.05, 0.1) is 25.0 Å². The Bertz CT molecular complexity index is 1810. The van der Waals surface area contributed by atoms with Gasteiger partial charge in [0.25, 0.3) is 10.1 Å². The average molecular weight is 670 g/mol. The molecule has 0 bridgehead atoms. The molecule has 45 heavy (non-hydrogen) atoms. The molecule has 11 nitrogen and oxygen atoms in total. The third-order valence-corrected chi connectivity index (χ3v) is 9.07. The first-order valence-corrected chi connectivity index (χ1v) is 17.1. The molecule has 4 aromatic rings. The quantitative estimate of drug-likeness (QED) is 0.134. The Hall–Kier alpha value is -4.04. The Balaban J connectivity index is 1.21. The third kappa shape index (κ3) is 8.57. The van der Waals surface area contributed by atoms with Crippen molar-refractivity contribution in [2.75, 3.05) is 35.0 Å². The van der Waals surface area contributed by atoms with Gasteiger partial charge in [-0.2, -0.15) is 13.5 Å². The van der Waals surface area contributed by atoms with Crippen LogP contribution in [0.1, 0.15) is 24.0 Å². The van der Waals surface area contributed by atoms with Crippen LogP contribution >= 0.6 is 23.4 Å². The van der Waals surface area contributed by atoms with E-state index in [9.17, 15) is 18.0 Å². The van der Waals surface area contributed by atoms with Crippen molar-refractivity contribution in [2.24, 2.45) is 0 Å². The number of carbonyl (C=O) groups is 2. The lowest BCUT2D eigenvalue weighted by molar-refractivity contribution is -0.118. The number of amides is 3. The highest BCUT2D eigenvalue weighted by atomic mass is 35.5. The van der Waals surface area contributed by atoms with E-state index >= 15 is 0 Å². The van der Waals surface area contributed by atoms with Crippen molar-refractivity contribution in [3.8, 4) is 16.9 Å². The Morgan fingerprint density at radius 1 is 1.13 bits per heavy atom. The van der Waals surface area contributed by atoms with Crippen LogP contribution in [0.25, 0.3) is 11.1 Å². The number of hydrogen-bond donors (Lipinski definition) is 3. The standard InChI is InChI=1S/C31H32ClN5O6S2/c1-21-26(32)9-4-11-28(21)43-14-5-12-29(38)37-13-15-44-30-25(8-3-10-27(30)37)23-17-34-36(19-23)18-22-6-2-7-24(16-22)35-31(39)33-20-45(40,41)42/h2-4,6-11,16-17,19H,5,12-15,18,20H2,1H3,(H2,33,35,39)(H,40,41,42). The molecular formula is C31H32ClN5O6S2. The maximum Gasteiger partial charge on any atom is 0.320 e. The van der Waals surface area contributed by atoms with Gasteiger partial charge in [0.2, 0.25) is 5.91 Å². The molecule has 0 saturated carbocycles. The number of ether oxygens (including phenoxy) is 1. The number of hydrogen-bond acceptors (Lipinski definition) is 7. The second-order valence-electron chi connectivity index (χ2n) is 10.3. The Labute approximate surface area is 270 Å². The van der Waals surface area contributed by atoms with Gasteiger partial charge >= 0.3 is 6.03 Å². The molecule has 0 spiro atoms. The van der Waals surface area contributed by atoms with Crippen LogP contribution < -0.4 is 20.3 Å². The van der Waals surface area contributed by atoms with E-state index in [1.54, 1.807) is 40.8 Å². The predicted molar refractivity (Wildman–Crippen MR) is 176 cm³/mol. The molecule has 0 atom stereocenters. The number of carbonyl (C=O) groups excluding carboxylic acids is 2. The number of anilines is 2. The van der Waals surface area contributed by atoms with Crippen LogP contribution in [0.15, 0.2) is 78.0 Å². The van der Waals surface area contributed by atoms with Crippen molar-refractivity contribution in [2.45, 2.75) is 31.2 Å². The van der Waals surface area contributed by atoms with Gasteiger partial charge in [-0.05, 0) is 49.2 Å². The number of nitrogens with zero attached hydrogens (tertiary/aromatic N) is 3. The topological polar surface area (TPSA) is 143 Å². The van der Waals surface area contributed by atoms with Gasteiger partial charge in [0.15, 0.2) is 0 Å². The summed E-state index contributed by atoms with van der Waals surface area (Å²) in [7, 11) is -4.32. The summed E-state index contributed by atoms with van der Waals surface area (Å²) in [6.45, 7) is 3.38. The average Bonchev–Trinajstić information content (AvgIpc) is 3.47. The molecule has 0 radical (unpaired) electrons. The summed E-state index contributed by atoms with van der Waals surface area (Å²) in [5, 5.41) is 9.81. The number of fused-ring (bicyclic) bond motifs is 1. The highest BCUT2D eigenvalue weighted by Gasteiger charge is 2.25. The second kappa shape index (κ2) is 14.4. The number of urea groups is 1. The van der Waals surface area contributed by atoms with Gasteiger partial charge in [0.1, 0.15) is 11.6 Å². The molecule has 236 valence electrons. The van der Waals surface area contributed by atoms with Gasteiger partial charge in [-0.1, -0.05) is 41.9 Å². The molecule has 1 aliphatic rings. The SMILES string of the molecule is Cc1c(Cl)cccc1OCCCC(=O)N1CCSc2c(-c3cnn(Cc4cccc(NC(=O)NCS(=O)(=O)O)c4)c3)cccc21. The largest absolute Gasteiger partial charge is 0.493 e. The van der Waals surface area contributed by atoms with Crippen molar-refractivity contribution < 1.29 is 27.3 Å². The van der Waals surface area contributed by atoms with Gasteiger partial charge in [-0.3, -0.25) is 14.0 Å². The Morgan fingerprint density at radius 3 is 2.76 bits per heavy atom. The summed E-state index contributed by atoms with van der Waals surface area (Å²) in [5.74, 6) is 0.669. The highest BCUT2D eigenvalue weighted by Crippen LogP contribution is 2.42. The lowest BCUT2D eigenvalue weighted by Gasteiger charge is -2.30. The smallest absolute Gasteiger partial charge is 0.320 e. The lowest BCUT2D eigenvalue weighted by Crippen LogP contribution is -2.35. The fraction of sp³-hybridized carbons (Fsp3) is 0.258. The molecule has 14 heteroatoms. The first-order chi connectivity index (χ1) is 21.6. The van der Waals surface area contributed by atoms with Crippen molar-refractivity contribution >= 4 is 56.8 Å². The Kier molecular flexibility index (Phi) is 10.3. The van der Waals surface area contributed by atoms with Crippen LogP contribution in [-0.4, -0.2) is 59.5 Å². The van der Waals surface area contributed by atoms with Gasteiger partial charge < -0.3 is 20.3 Å². The molecular weight excluding hydrogens is 638 g/mol. The molecule has 5 rings (SSSR count). The minimum Gasteiger partial charge on any atom is -0.493 e. The van der Waals surface area contributed by atoms with E-state index in [2.05, 4.69) is 15.7 Å². The van der Waals surface area contributed by atoms with E-state index in [0.717, 1.165) is 44.3 Å². The fourth-order valence-corrected chi connectivity index (χ4v) is 6.50. The summed E-state index contributed by atoms with van der Waals surface area (Å²) in [6, 6.07) is 17.8. The summed E-state index contributed by atoms with van der Waals surface area (Å²) in [6.07, 6.45) is 4.67. The van der Waals surface area contributed by atoms with Crippen molar-refractivity contribution in [1.82, 2.24) is 15.1 Å². The number of nitrogens with one attached hydrogen (secondary N) is 2. The van der Waals surface area contributed by atoms with Crippen molar-refractivity contribution in [1.29, 1.82) is 0 Å². The summed E-state index contributed by atoms with van der Waals surface area (Å²) < 4.78 is 38.2. The number of benzene rings is 3. The molecule has 0 aliphatic carbocycles. The fourth-order valence-electron chi connectivity index (χ4n) is 4.88. The zero-order valence-electron chi connectivity index (χ0n) is 24.4. The molecule has 1 aliphatic heterocycles. The number of aromatic nitrogens is 2. The van der Waals surface area contributed by atoms with Crippen molar-refractivity contribution in [3.63, 3.8) is 0 Å².